The number of likely N-dealkylation sites (tertiary alicyclic amines) is 1. The third-order valence-electron chi connectivity index (χ3n) is 3.21. The van der Waals surface area contributed by atoms with Gasteiger partial charge in [0.05, 0.1) is 12.5 Å². The van der Waals surface area contributed by atoms with E-state index in [9.17, 15) is 9.90 Å². The summed E-state index contributed by atoms with van der Waals surface area (Å²) >= 11 is 0. The molecule has 1 saturated heterocycles. The molecule has 0 saturated carbocycles. The van der Waals surface area contributed by atoms with Crippen LogP contribution in [0.1, 0.15) is 37.3 Å². The van der Waals surface area contributed by atoms with Gasteiger partial charge in [0.25, 0.3) is 0 Å². The molecule has 1 aromatic carbocycles. The lowest BCUT2D eigenvalue weighted by atomic mass is 10.0. The van der Waals surface area contributed by atoms with Gasteiger partial charge in [-0.1, -0.05) is 38.1 Å². The second kappa shape index (κ2) is 4.88. The van der Waals surface area contributed by atoms with Gasteiger partial charge >= 0.3 is 0 Å². The summed E-state index contributed by atoms with van der Waals surface area (Å²) in [6, 6.07) is 8.34. The normalized spacial score (nSPS) is 20.4. The number of benzene rings is 1. The first-order valence-electron chi connectivity index (χ1n) is 6.11. The van der Waals surface area contributed by atoms with Crippen molar-refractivity contribution in [3.8, 4) is 0 Å². The number of aliphatic hydroxyl groups excluding tert-OH is 1. The zero-order chi connectivity index (χ0) is 12.4. The van der Waals surface area contributed by atoms with Crippen molar-refractivity contribution in [2.45, 2.75) is 38.8 Å². The molecule has 1 aliphatic heterocycles. The highest BCUT2D eigenvalue weighted by Crippen LogP contribution is 2.18. The summed E-state index contributed by atoms with van der Waals surface area (Å²) in [5.74, 6) is 0.574. The third kappa shape index (κ3) is 2.86. The van der Waals surface area contributed by atoms with Crippen LogP contribution in [0.3, 0.4) is 0 Å². The molecule has 1 N–H and O–H groups in total. The first kappa shape index (κ1) is 12.1. The number of hydrogen-bond acceptors (Lipinski definition) is 2. The standard InChI is InChI=1S/C14H19NO2/c1-10(2)12-5-3-11(4-6-12)8-15-9-13(16)7-14(15)17/h3-6,10,13,16H,7-9H2,1-2H3. The lowest BCUT2D eigenvalue weighted by Crippen LogP contribution is -2.25. The Morgan fingerprint density at radius 3 is 2.47 bits per heavy atom. The van der Waals surface area contributed by atoms with E-state index in [1.165, 1.54) is 5.56 Å². The van der Waals surface area contributed by atoms with Gasteiger partial charge < -0.3 is 10.0 Å². The summed E-state index contributed by atoms with van der Waals surface area (Å²) in [5.41, 5.74) is 2.43. The summed E-state index contributed by atoms with van der Waals surface area (Å²) in [6.45, 7) is 5.39. The number of nitrogens with zero attached hydrogens (tertiary/aromatic N) is 1. The lowest BCUT2D eigenvalue weighted by Gasteiger charge is -2.16. The Hall–Kier alpha value is -1.35. The summed E-state index contributed by atoms with van der Waals surface area (Å²) in [7, 11) is 0. The second-order valence-electron chi connectivity index (χ2n) is 5.03. The van der Waals surface area contributed by atoms with E-state index >= 15 is 0 Å². The van der Waals surface area contributed by atoms with Gasteiger partial charge in [0, 0.05) is 13.1 Å². The minimum absolute atomic E-state index is 0.0467. The number of carbonyl (C=O) groups is 1. The fraction of sp³-hybridized carbons (Fsp3) is 0.500. The average molecular weight is 233 g/mol. The monoisotopic (exact) mass is 233 g/mol. The van der Waals surface area contributed by atoms with E-state index in [0.717, 1.165) is 5.56 Å². The van der Waals surface area contributed by atoms with E-state index in [1.807, 2.05) is 0 Å². The molecule has 1 aromatic rings. The molecule has 1 atom stereocenters. The van der Waals surface area contributed by atoms with Crippen LogP contribution < -0.4 is 0 Å². The number of amides is 1. The summed E-state index contributed by atoms with van der Waals surface area (Å²) in [5, 5.41) is 9.40. The van der Waals surface area contributed by atoms with Crippen LogP contribution in [-0.4, -0.2) is 28.6 Å². The molecule has 0 spiro atoms. The lowest BCUT2D eigenvalue weighted by molar-refractivity contribution is -0.128. The Morgan fingerprint density at radius 2 is 2.00 bits per heavy atom. The van der Waals surface area contributed by atoms with Gasteiger partial charge in [-0.25, -0.2) is 0 Å². The molecule has 3 heteroatoms. The van der Waals surface area contributed by atoms with Gasteiger partial charge in [0.2, 0.25) is 5.91 Å². The highest BCUT2D eigenvalue weighted by molar-refractivity contribution is 5.79. The maximum atomic E-state index is 11.5. The molecule has 1 heterocycles. The molecular weight excluding hydrogens is 214 g/mol. The van der Waals surface area contributed by atoms with Gasteiger partial charge in [-0.05, 0) is 17.0 Å². The van der Waals surface area contributed by atoms with Crippen LogP contribution in [0.15, 0.2) is 24.3 Å². The number of β-amino-alcohol motifs (C(OH)–C–C–N with tert-alkyl or cyclic N) is 1. The van der Waals surface area contributed by atoms with Gasteiger partial charge in [0.1, 0.15) is 0 Å². The van der Waals surface area contributed by atoms with Crippen LogP contribution >= 0.6 is 0 Å². The van der Waals surface area contributed by atoms with Crippen LogP contribution in [0, 0.1) is 0 Å². The SMILES string of the molecule is CC(C)c1ccc(CN2CC(O)CC2=O)cc1. The minimum atomic E-state index is -0.488. The molecule has 1 aliphatic rings. The topological polar surface area (TPSA) is 40.5 Å². The fourth-order valence-corrected chi connectivity index (χ4v) is 2.13. The molecule has 1 amide bonds. The molecule has 92 valence electrons. The maximum Gasteiger partial charge on any atom is 0.225 e. The summed E-state index contributed by atoms with van der Waals surface area (Å²) < 4.78 is 0. The second-order valence-corrected chi connectivity index (χ2v) is 5.03. The van der Waals surface area contributed by atoms with Crippen LogP contribution in [0.25, 0.3) is 0 Å². The van der Waals surface area contributed by atoms with Gasteiger partial charge in [-0.3, -0.25) is 4.79 Å². The Labute approximate surface area is 102 Å². The molecule has 0 aliphatic carbocycles. The highest BCUT2D eigenvalue weighted by Gasteiger charge is 2.27. The molecule has 0 radical (unpaired) electrons. The average Bonchev–Trinajstić information content (AvgIpc) is 2.58. The predicted molar refractivity (Wildman–Crippen MR) is 66.6 cm³/mol. The molecular formula is C14H19NO2. The summed E-state index contributed by atoms with van der Waals surface area (Å²) in [6.07, 6.45) is -0.221. The molecule has 0 bridgehead atoms. The zero-order valence-electron chi connectivity index (χ0n) is 10.4. The first-order valence-corrected chi connectivity index (χ1v) is 6.11. The van der Waals surface area contributed by atoms with E-state index in [2.05, 4.69) is 38.1 Å². The van der Waals surface area contributed by atoms with Gasteiger partial charge in [-0.2, -0.15) is 0 Å². The molecule has 2 rings (SSSR count). The van der Waals surface area contributed by atoms with Crippen molar-refractivity contribution in [2.24, 2.45) is 0 Å². The Bertz CT molecular complexity index is 397. The quantitative estimate of drug-likeness (QED) is 0.866. The van der Waals surface area contributed by atoms with Crippen LogP contribution in [0.4, 0.5) is 0 Å². The fourth-order valence-electron chi connectivity index (χ4n) is 2.13. The first-order chi connectivity index (χ1) is 8.06. The number of rotatable bonds is 3. The van der Waals surface area contributed by atoms with Crippen LogP contribution in [0.2, 0.25) is 0 Å². The van der Waals surface area contributed by atoms with Crippen LogP contribution in [0.5, 0.6) is 0 Å². The zero-order valence-corrected chi connectivity index (χ0v) is 10.4. The van der Waals surface area contributed by atoms with Crippen molar-refractivity contribution in [3.63, 3.8) is 0 Å². The summed E-state index contributed by atoms with van der Waals surface area (Å²) in [4.78, 5) is 13.2. The van der Waals surface area contributed by atoms with E-state index in [4.69, 9.17) is 0 Å². The predicted octanol–water partition coefficient (Wildman–Crippen LogP) is 1.90. The highest BCUT2D eigenvalue weighted by atomic mass is 16.3. The molecule has 3 nitrogen and oxygen atoms in total. The number of hydrogen-bond donors (Lipinski definition) is 1. The van der Waals surface area contributed by atoms with Crippen molar-refractivity contribution >= 4 is 5.91 Å². The van der Waals surface area contributed by atoms with E-state index < -0.39 is 6.10 Å². The van der Waals surface area contributed by atoms with Crippen molar-refractivity contribution in [1.82, 2.24) is 4.90 Å². The largest absolute Gasteiger partial charge is 0.391 e. The Kier molecular flexibility index (Phi) is 3.48. The number of carbonyl (C=O) groups excluding carboxylic acids is 1. The van der Waals surface area contributed by atoms with E-state index in [0.29, 0.717) is 19.0 Å². The van der Waals surface area contributed by atoms with Gasteiger partial charge in [-0.15, -0.1) is 0 Å². The van der Waals surface area contributed by atoms with E-state index in [-0.39, 0.29) is 12.3 Å². The number of aliphatic hydroxyl groups is 1. The minimum Gasteiger partial charge on any atom is -0.391 e. The Balaban J connectivity index is 2.02. The van der Waals surface area contributed by atoms with Crippen molar-refractivity contribution in [1.29, 1.82) is 0 Å². The van der Waals surface area contributed by atoms with Crippen LogP contribution in [-0.2, 0) is 11.3 Å². The molecule has 17 heavy (non-hydrogen) atoms. The molecule has 0 aromatic heterocycles. The van der Waals surface area contributed by atoms with Crippen molar-refractivity contribution < 1.29 is 9.90 Å². The maximum absolute atomic E-state index is 11.5. The third-order valence-corrected chi connectivity index (χ3v) is 3.21. The molecule has 1 unspecified atom stereocenters. The van der Waals surface area contributed by atoms with Gasteiger partial charge in [0.15, 0.2) is 0 Å². The van der Waals surface area contributed by atoms with Crippen molar-refractivity contribution in [3.05, 3.63) is 35.4 Å². The van der Waals surface area contributed by atoms with Crippen molar-refractivity contribution in [2.75, 3.05) is 6.54 Å². The molecule has 1 fully saturated rings. The smallest absolute Gasteiger partial charge is 0.225 e. The Morgan fingerprint density at radius 1 is 1.35 bits per heavy atom. The van der Waals surface area contributed by atoms with E-state index in [1.54, 1.807) is 4.90 Å².